The molecule has 1 fully saturated rings. The van der Waals surface area contributed by atoms with Gasteiger partial charge in [-0.3, -0.25) is 9.79 Å². The first-order valence-corrected chi connectivity index (χ1v) is 6.46. The molecule has 2 heterocycles. The van der Waals surface area contributed by atoms with Gasteiger partial charge in [0, 0.05) is 12.1 Å². The topological polar surface area (TPSA) is 67.8 Å². The molecular weight excluding hydrogens is 244 g/mol. The van der Waals surface area contributed by atoms with Crippen LogP contribution in [0.4, 0.5) is 0 Å². The van der Waals surface area contributed by atoms with Crippen LogP contribution in [-0.4, -0.2) is 30.2 Å². The number of hydrogen-bond donors (Lipinski definition) is 1. The molecule has 0 aliphatic carbocycles. The minimum absolute atomic E-state index is 0.0391. The van der Waals surface area contributed by atoms with Crippen LogP contribution >= 0.6 is 0 Å². The monoisotopic (exact) mass is 262 g/mol. The molecule has 1 amide bonds. The van der Waals surface area contributed by atoms with Gasteiger partial charge in [-0.2, -0.15) is 0 Å². The SMILES string of the molecule is CCOC(=O)C1=NC(/C=C2/CCC(=O)N2)C(C)=C1C. The third kappa shape index (κ3) is 2.75. The number of hydrogen-bond acceptors (Lipinski definition) is 4. The second-order valence-corrected chi connectivity index (χ2v) is 4.69. The molecule has 1 N–H and O–H groups in total. The number of aliphatic imine (C=N–C) groups is 1. The fourth-order valence-electron chi connectivity index (χ4n) is 2.18. The number of amides is 1. The lowest BCUT2D eigenvalue weighted by Gasteiger charge is -2.05. The highest BCUT2D eigenvalue weighted by atomic mass is 16.5. The largest absolute Gasteiger partial charge is 0.461 e. The van der Waals surface area contributed by atoms with E-state index in [4.69, 9.17) is 4.74 Å². The molecule has 5 heteroatoms. The number of carbonyl (C=O) groups excluding carboxylic acids is 2. The van der Waals surface area contributed by atoms with E-state index >= 15 is 0 Å². The summed E-state index contributed by atoms with van der Waals surface area (Å²) in [5.41, 5.74) is 3.17. The Bertz CT molecular complexity index is 515. The van der Waals surface area contributed by atoms with E-state index in [-0.39, 0.29) is 17.9 Å². The van der Waals surface area contributed by atoms with Crippen molar-refractivity contribution in [2.24, 2.45) is 4.99 Å². The Morgan fingerprint density at radius 3 is 2.79 bits per heavy atom. The van der Waals surface area contributed by atoms with Crippen molar-refractivity contribution in [2.75, 3.05) is 6.61 Å². The van der Waals surface area contributed by atoms with Crippen molar-refractivity contribution in [3.05, 3.63) is 22.9 Å². The van der Waals surface area contributed by atoms with E-state index in [2.05, 4.69) is 10.3 Å². The first-order chi connectivity index (χ1) is 9.02. The molecule has 0 aromatic carbocycles. The summed E-state index contributed by atoms with van der Waals surface area (Å²) in [6, 6.07) is -0.173. The predicted octanol–water partition coefficient (Wildman–Crippen LogP) is 1.50. The van der Waals surface area contributed by atoms with E-state index in [0.717, 1.165) is 16.8 Å². The Morgan fingerprint density at radius 2 is 2.21 bits per heavy atom. The molecule has 102 valence electrons. The number of ether oxygens (including phenoxy) is 1. The van der Waals surface area contributed by atoms with Crippen LogP contribution in [0, 0.1) is 0 Å². The fraction of sp³-hybridized carbons (Fsp3) is 0.500. The Kier molecular flexibility index (Phi) is 3.83. The lowest BCUT2D eigenvalue weighted by Crippen LogP contribution is -2.17. The zero-order valence-corrected chi connectivity index (χ0v) is 11.4. The molecule has 1 atom stereocenters. The summed E-state index contributed by atoms with van der Waals surface area (Å²) in [5.74, 6) is -0.340. The van der Waals surface area contributed by atoms with Gasteiger partial charge in [-0.25, -0.2) is 4.79 Å². The molecule has 0 spiro atoms. The quantitative estimate of drug-likeness (QED) is 0.784. The summed E-state index contributed by atoms with van der Waals surface area (Å²) >= 11 is 0. The molecule has 2 aliphatic rings. The normalized spacial score (nSPS) is 24.8. The number of carbonyl (C=O) groups is 2. The maximum absolute atomic E-state index is 11.8. The molecule has 1 saturated heterocycles. The summed E-state index contributed by atoms with van der Waals surface area (Å²) in [7, 11) is 0. The van der Waals surface area contributed by atoms with Gasteiger partial charge >= 0.3 is 5.97 Å². The van der Waals surface area contributed by atoms with Gasteiger partial charge in [0.2, 0.25) is 5.91 Å². The zero-order valence-electron chi connectivity index (χ0n) is 11.4. The van der Waals surface area contributed by atoms with Gasteiger partial charge in [-0.1, -0.05) is 0 Å². The van der Waals surface area contributed by atoms with Gasteiger partial charge in [-0.05, 0) is 44.4 Å². The second kappa shape index (κ2) is 5.38. The molecule has 2 aliphatic heterocycles. The number of allylic oxidation sites excluding steroid dienone is 1. The maximum Gasteiger partial charge on any atom is 0.356 e. The van der Waals surface area contributed by atoms with Gasteiger partial charge in [0.1, 0.15) is 5.71 Å². The Morgan fingerprint density at radius 1 is 1.47 bits per heavy atom. The number of rotatable bonds is 3. The van der Waals surface area contributed by atoms with Crippen LogP contribution in [0.2, 0.25) is 0 Å². The molecule has 0 saturated carbocycles. The van der Waals surface area contributed by atoms with Crippen LogP contribution < -0.4 is 5.32 Å². The summed E-state index contributed by atoms with van der Waals surface area (Å²) in [6.45, 7) is 5.93. The summed E-state index contributed by atoms with van der Waals surface area (Å²) < 4.78 is 4.99. The molecule has 19 heavy (non-hydrogen) atoms. The van der Waals surface area contributed by atoms with Gasteiger partial charge in [0.25, 0.3) is 0 Å². The predicted molar refractivity (Wildman–Crippen MR) is 71.7 cm³/mol. The minimum Gasteiger partial charge on any atom is -0.461 e. The molecule has 0 bridgehead atoms. The lowest BCUT2D eigenvalue weighted by molar-refractivity contribution is -0.135. The summed E-state index contributed by atoms with van der Waals surface area (Å²) in [6.07, 6.45) is 3.15. The molecule has 1 unspecified atom stereocenters. The van der Waals surface area contributed by atoms with Gasteiger partial charge < -0.3 is 10.1 Å². The van der Waals surface area contributed by atoms with E-state index in [9.17, 15) is 9.59 Å². The summed E-state index contributed by atoms with van der Waals surface area (Å²) in [5, 5.41) is 2.80. The highest BCUT2D eigenvalue weighted by Gasteiger charge is 2.27. The number of nitrogens with one attached hydrogen (secondary N) is 1. The first kappa shape index (κ1) is 13.5. The smallest absolute Gasteiger partial charge is 0.356 e. The van der Waals surface area contributed by atoms with E-state index < -0.39 is 0 Å². The lowest BCUT2D eigenvalue weighted by atomic mass is 10.0. The average molecular weight is 262 g/mol. The zero-order chi connectivity index (χ0) is 14.0. The van der Waals surface area contributed by atoms with Crippen molar-refractivity contribution in [3.8, 4) is 0 Å². The van der Waals surface area contributed by atoms with Crippen molar-refractivity contribution in [2.45, 2.75) is 39.7 Å². The van der Waals surface area contributed by atoms with Crippen LogP contribution in [0.15, 0.2) is 27.9 Å². The van der Waals surface area contributed by atoms with Crippen molar-refractivity contribution in [1.82, 2.24) is 5.32 Å². The molecular formula is C14H18N2O3. The second-order valence-electron chi connectivity index (χ2n) is 4.69. The van der Waals surface area contributed by atoms with E-state index in [1.54, 1.807) is 6.92 Å². The molecule has 2 rings (SSSR count). The van der Waals surface area contributed by atoms with Crippen LogP contribution in [0.25, 0.3) is 0 Å². The van der Waals surface area contributed by atoms with E-state index in [0.29, 0.717) is 25.2 Å². The summed E-state index contributed by atoms with van der Waals surface area (Å²) in [4.78, 5) is 27.3. The number of esters is 1. The average Bonchev–Trinajstić information content (AvgIpc) is 2.89. The Balaban J connectivity index is 2.19. The standard InChI is InChI=1S/C14H18N2O3/c1-4-19-14(18)13-9(3)8(2)11(16-13)7-10-5-6-12(17)15-10/h7,11H,4-6H2,1-3H3,(H,15,17)/b10-7-. The Labute approximate surface area is 112 Å². The molecule has 5 nitrogen and oxygen atoms in total. The third-order valence-corrected chi connectivity index (χ3v) is 3.41. The fourth-order valence-corrected chi connectivity index (χ4v) is 2.18. The first-order valence-electron chi connectivity index (χ1n) is 6.46. The van der Waals surface area contributed by atoms with Crippen molar-refractivity contribution >= 4 is 17.6 Å². The van der Waals surface area contributed by atoms with Gasteiger partial charge in [0.15, 0.2) is 0 Å². The van der Waals surface area contributed by atoms with Gasteiger partial charge in [-0.15, -0.1) is 0 Å². The highest BCUT2D eigenvalue weighted by molar-refractivity contribution is 6.44. The molecule has 0 radical (unpaired) electrons. The number of nitrogens with zero attached hydrogens (tertiary/aromatic N) is 1. The van der Waals surface area contributed by atoms with E-state index in [1.165, 1.54) is 0 Å². The molecule has 0 aromatic heterocycles. The van der Waals surface area contributed by atoms with Crippen LogP contribution in [0.5, 0.6) is 0 Å². The molecule has 0 aromatic rings. The van der Waals surface area contributed by atoms with Crippen molar-refractivity contribution < 1.29 is 14.3 Å². The van der Waals surface area contributed by atoms with E-state index in [1.807, 2.05) is 19.9 Å². The minimum atomic E-state index is -0.379. The van der Waals surface area contributed by atoms with Crippen molar-refractivity contribution in [3.63, 3.8) is 0 Å². The third-order valence-electron chi connectivity index (χ3n) is 3.41. The van der Waals surface area contributed by atoms with Crippen LogP contribution in [0.1, 0.15) is 33.6 Å². The van der Waals surface area contributed by atoms with Crippen LogP contribution in [0.3, 0.4) is 0 Å². The van der Waals surface area contributed by atoms with Crippen molar-refractivity contribution in [1.29, 1.82) is 0 Å². The van der Waals surface area contributed by atoms with Gasteiger partial charge in [0.05, 0.1) is 12.6 Å². The Hall–Kier alpha value is -1.91. The van der Waals surface area contributed by atoms with Crippen LogP contribution in [-0.2, 0) is 14.3 Å². The maximum atomic E-state index is 11.8. The highest BCUT2D eigenvalue weighted by Crippen LogP contribution is 2.25.